The second-order valence-electron chi connectivity index (χ2n) is 4.20. The molecule has 1 rings (SSSR count). The second-order valence-corrected chi connectivity index (χ2v) is 4.20. The fourth-order valence-electron chi connectivity index (χ4n) is 1.86. The minimum absolute atomic E-state index is 0.282. The first-order chi connectivity index (χ1) is 7.86. The van der Waals surface area contributed by atoms with Gasteiger partial charge in [-0.15, -0.1) is 0 Å². The topological polar surface area (TPSA) is 39.7 Å². The van der Waals surface area contributed by atoms with Crippen molar-refractivity contribution in [1.29, 1.82) is 0 Å². The molecule has 0 bridgehead atoms. The van der Waals surface area contributed by atoms with Crippen LogP contribution in [0.5, 0.6) is 0 Å². The highest BCUT2D eigenvalue weighted by molar-refractivity contribution is 4.74. The highest BCUT2D eigenvalue weighted by Gasteiger charge is 2.24. The maximum Gasteiger partial charge on any atom is 0.0813 e. The normalized spacial score (nSPS) is 25.1. The molecule has 1 aliphatic rings. The Labute approximate surface area is 98.6 Å². The third-order valence-corrected chi connectivity index (χ3v) is 2.65. The Balaban J connectivity index is 1.90. The average molecular weight is 231 g/mol. The van der Waals surface area contributed by atoms with Crippen molar-refractivity contribution >= 4 is 0 Å². The third-order valence-electron chi connectivity index (χ3n) is 2.65. The first-order valence-electron chi connectivity index (χ1n) is 6.32. The molecule has 4 nitrogen and oxygen atoms in total. The molecule has 0 radical (unpaired) electrons. The Morgan fingerprint density at radius 3 is 2.62 bits per heavy atom. The summed E-state index contributed by atoms with van der Waals surface area (Å²) in [6, 6.07) is 0. The van der Waals surface area contributed by atoms with Crippen LogP contribution >= 0.6 is 0 Å². The summed E-state index contributed by atoms with van der Waals surface area (Å²) in [6.45, 7) is 5.95. The van der Waals surface area contributed by atoms with Crippen molar-refractivity contribution in [1.82, 2.24) is 5.32 Å². The smallest absolute Gasteiger partial charge is 0.0813 e. The molecule has 16 heavy (non-hydrogen) atoms. The molecular weight excluding hydrogens is 206 g/mol. The summed E-state index contributed by atoms with van der Waals surface area (Å²) in [4.78, 5) is 0. The molecular formula is C12H25NO3. The Morgan fingerprint density at radius 1 is 1.12 bits per heavy atom. The van der Waals surface area contributed by atoms with Crippen LogP contribution in [0, 0.1) is 0 Å². The van der Waals surface area contributed by atoms with E-state index in [0.29, 0.717) is 25.9 Å². The maximum absolute atomic E-state index is 5.80. The first kappa shape index (κ1) is 13.9. The lowest BCUT2D eigenvalue weighted by atomic mass is 10.2. The molecule has 1 N–H and O–H groups in total. The zero-order valence-electron chi connectivity index (χ0n) is 10.5. The van der Waals surface area contributed by atoms with E-state index < -0.39 is 0 Å². The van der Waals surface area contributed by atoms with Crippen molar-refractivity contribution in [2.75, 3.05) is 40.0 Å². The van der Waals surface area contributed by atoms with Gasteiger partial charge in [-0.05, 0) is 26.3 Å². The van der Waals surface area contributed by atoms with Gasteiger partial charge in [0.15, 0.2) is 0 Å². The number of ether oxygens (including phenoxy) is 3. The van der Waals surface area contributed by atoms with Gasteiger partial charge >= 0.3 is 0 Å². The van der Waals surface area contributed by atoms with Gasteiger partial charge in [0.2, 0.25) is 0 Å². The Kier molecular flexibility index (Phi) is 7.76. The molecule has 0 aromatic rings. The average Bonchev–Trinajstić information content (AvgIpc) is 2.72. The minimum atomic E-state index is 0.282. The molecule has 2 atom stereocenters. The molecule has 1 fully saturated rings. The molecule has 2 unspecified atom stereocenters. The molecule has 1 heterocycles. The SMILES string of the molecule is CCCOCCOCC1CCC(CNC)O1. The van der Waals surface area contributed by atoms with E-state index in [1.165, 1.54) is 0 Å². The second kappa shape index (κ2) is 8.93. The van der Waals surface area contributed by atoms with Gasteiger partial charge in [-0.2, -0.15) is 0 Å². The van der Waals surface area contributed by atoms with E-state index >= 15 is 0 Å². The Morgan fingerprint density at radius 2 is 1.88 bits per heavy atom. The van der Waals surface area contributed by atoms with Crippen LogP contribution in [0.15, 0.2) is 0 Å². The van der Waals surface area contributed by atoms with Crippen LogP contribution in [-0.4, -0.2) is 52.2 Å². The van der Waals surface area contributed by atoms with Gasteiger partial charge in [-0.25, -0.2) is 0 Å². The van der Waals surface area contributed by atoms with Gasteiger partial charge in [0, 0.05) is 13.2 Å². The molecule has 4 heteroatoms. The van der Waals surface area contributed by atoms with Crippen LogP contribution in [0.3, 0.4) is 0 Å². The summed E-state index contributed by atoms with van der Waals surface area (Å²) in [5, 5.41) is 3.13. The fourth-order valence-corrected chi connectivity index (χ4v) is 1.86. The molecule has 0 aliphatic carbocycles. The summed E-state index contributed by atoms with van der Waals surface area (Å²) in [5.41, 5.74) is 0. The predicted molar refractivity (Wildman–Crippen MR) is 63.8 cm³/mol. The van der Waals surface area contributed by atoms with Crippen molar-refractivity contribution in [2.24, 2.45) is 0 Å². The number of rotatable bonds is 9. The quantitative estimate of drug-likeness (QED) is 0.605. The number of likely N-dealkylation sites (N-methyl/N-ethyl adjacent to an activating group) is 1. The van der Waals surface area contributed by atoms with Crippen LogP contribution in [0.25, 0.3) is 0 Å². The van der Waals surface area contributed by atoms with Gasteiger partial charge in [-0.3, -0.25) is 0 Å². The number of hydrogen-bond donors (Lipinski definition) is 1. The van der Waals surface area contributed by atoms with E-state index in [1.807, 2.05) is 7.05 Å². The van der Waals surface area contributed by atoms with Gasteiger partial charge in [0.25, 0.3) is 0 Å². The van der Waals surface area contributed by atoms with E-state index in [2.05, 4.69) is 12.2 Å². The Hall–Kier alpha value is -0.160. The van der Waals surface area contributed by atoms with E-state index in [-0.39, 0.29) is 6.10 Å². The molecule has 1 aliphatic heterocycles. The summed E-state index contributed by atoms with van der Waals surface area (Å²) in [6.07, 6.45) is 3.97. The fraction of sp³-hybridized carbons (Fsp3) is 1.00. The van der Waals surface area contributed by atoms with E-state index in [0.717, 1.165) is 32.4 Å². The molecule has 0 aromatic heterocycles. The van der Waals surface area contributed by atoms with Gasteiger partial charge in [0.05, 0.1) is 32.0 Å². The van der Waals surface area contributed by atoms with Crippen molar-refractivity contribution in [3.63, 3.8) is 0 Å². The van der Waals surface area contributed by atoms with Crippen LogP contribution in [0.4, 0.5) is 0 Å². The van der Waals surface area contributed by atoms with E-state index in [1.54, 1.807) is 0 Å². The van der Waals surface area contributed by atoms with Crippen LogP contribution in [-0.2, 0) is 14.2 Å². The third kappa shape index (κ3) is 5.80. The van der Waals surface area contributed by atoms with Crippen molar-refractivity contribution < 1.29 is 14.2 Å². The molecule has 96 valence electrons. The van der Waals surface area contributed by atoms with Crippen LogP contribution in [0.2, 0.25) is 0 Å². The lowest BCUT2D eigenvalue weighted by Gasteiger charge is -2.13. The van der Waals surface area contributed by atoms with Gasteiger partial charge in [-0.1, -0.05) is 6.92 Å². The lowest BCUT2D eigenvalue weighted by Crippen LogP contribution is -2.25. The highest BCUT2D eigenvalue weighted by Crippen LogP contribution is 2.19. The summed E-state index contributed by atoms with van der Waals surface area (Å²) < 4.78 is 16.7. The summed E-state index contributed by atoms with van der Waals surface area (Å²) >= 11 is 0. The number of nitrogens with one attached hydrogen (secondary N) is 1. The largest absolute Gasteiger partial charge is 0.379 e. The molecule has 0 amide bonds. The number of hydrogen-bond acceptors (Lipinski definition) is 4. The maximum atomic E-state index is 5.80. The predicted octanol–water partition coefficient (Wildman–Crippen LogP) is 1.20. The molecule has 0 spiro atoms. The van der Waals surface area contributed by atoms with E-state index in [4.69, 9.17) is 14.2 Å². The molecule has 0 aromatic carbocycles. The lowest BCUT2D eigenvalue weighted by molar-refractivity contribution is -0.0279. The minimum Gasteiger partial charge on any atom is -0.379 e. The van der Waals surface area contributed by atoms with E-state index in [9.17, 15) is 0 Å². The first-order valence-corrected chi connectivity index (χ1v) is 6.32. The molecule has 1 saturated heterocycles. The van der Waals surface area contributed by atoms with Crippen molar-refractivity contribution in [2.45, 2.75) is 38.4 Å². The van der Waals surface area contributed by atoms with Crippen LogP contribution in [0.1, 0.15) is 26.2 Å². The summed E-state index contributed by atoms with van der Waals surface area (Å²) in [5.74, 6) is 0. The van der Waals surface area contributed by atoms with Gasteiger partial charge in [0.1, 0.15) is 0 Å². The molecule has 0 saturated carbocycles. The van der Waals surface area contributed by atoms with Crippen molar-refractivity contribution in [3.05, 3.63) is 0 Å². The zero-order valence-corrected chi connectivity index (χ0v) is 10.5. The van der Waals surface area contributed by atoms with Crippen molar-refractivity contribution in [3.8, 4) is 0 Å². The Bertz CT molecular complexity index is 166. The monoisotopic (exact) mass is 231 g/mol. The van der Waals surface area contributed by atoms with Gasteiger partial charge < -0.3 is 19.5 Å². The van der Waals surface area contributed by atoms with Crippen LogP contribution < -0.4 is 5.32 Å². The standard InChI is InChI=1S/C12H25NO3/c1-3-6-14-7-8-15-10-12-5-4-11(16-12)9-13-2/h11-13H,3-10H2,1-2H3. The highest BCUT2D eigenvalue weighted by atomic mass is 16.6. The zero-order chi connectivity index (χ0) is 11.6. The summed E-state index contributed by atoms with van der Waals surface area (Å²) in [7, 11) is 1.96.